The summed E-state index contributed by atoms with van der Waals surface area (Å²) in [7, 11) is 0. The van der Waals surface area contributed by atoms with Gasteiger partial charge in [0.1, 0.15) is 6.07 Å². The molecule has 0 aliphatic carbocycles. The number of hydrazone groups is 1. The topological polar surface area (TPSA) is 118 Å². The standard InChI is InChI=1S/C12H12N4O4/c1-3-20-12(17)10(7-13)15-14-9-5-4-8(2)11(6-9)16(18)19/h4-6,14H,3H2,1-2H3/b15-10+. The van der Waals surface area contributed by atoms with Gasteiger partial charge in [0.25, 0.3) is 5.69 Å². The lowest BCUT2D eigenvalue weighted by Gasteiger charge is -2.03. The van der Waals surface area contributed by atoms with Crippen LogP contribution in [0.25, 0.3) is 0 Å². The Balaban J connectivity index is 2.94. The Morgan fingerprint density at radius 3 is 2.85 bits per heavy atom. The van der Waals surface area contributed by atoms with Gasteiger partial charge in [0, 0.05) is 11.6 Å². The molecule has 0 aliphatic heterocycles. The van der Waals surface area contributed by atoms with Gasteiger partial charge in [-0.1, -0.05) is 6.07 Å². The minimum Gasteiger partial charge on any atom is -0.461 e. The van der Waals surface area contributed by atoms with E-state index in [-0.39, 0.29) is 12.3 Å². The van der Waals surface area contributed by atoms with Crippen molar-refractivity contribution in [2.45, 2.75) is 13.8 Å². The molecular weight excluding hydrogens is 264 g/mol. The summed E-state index contributed by atoms with van der Waals surface area (Å²) in [5.41, 5.74) is 2.66. The molecule has 0 radical (unpaired) electrons. The lowest BCUT2D eigenvalue weighted by Crippen LogP contribution is -2.17. The summed E-state index contributed by atoms with van der Waals surface area (Å²) in [5.74, 6) is -0.857. The first-order chi connectivity index (χ1) is 9.49. The Kier molecular flexibility index (Phi) is 5.17. The van der Waals surface area contributed by atoms with E-state index in [4.69, 9.17) is 5.26 Å². The van der Waals surface area contributed by atoms with E-state index < -0.39 is 16.6 Å². The number of carbonyl (C=O) groups excluding carboxylic acids is 1. The van der Waals surface area contributed by atoms with Crippen molar-refractivity contribution in [2.24, 2.45) is 5.10 Å². The van der Waals surface area contributed by atoms with E-state index in [1.807, 2.05) is 0 Å². The number of rotatable bonds is 5. The molecule has 8 heteroatoms. The lowest BCUT2D eigenvalue weighted by molar-refractivity contribution is -0.385. The van der Waals surface area contributed by atoms with E-state index in [1.165, 1.54) is 12.1 Å². The molecule has 0 fully saturated rings. The molecule has 0 aliphatic rings. The van der Waals surface area contributed by atoms with Gasteiger partial charge in [0.05, 0.1) is 17.2 Å². The van der Waals surface area contributed by atoms with Crippen LogP contribution in [-0.2, 0) is 9.53 Å². The Morgan fingerprint density at radius 2 is 2.30 bits per heavy atom. The summed E-state index contributed by atoms with van der Waals surface area (Å²) in [6, 6.07) is 5.93. The summed E-state index contributed by atoms with van der Waals surface area (Å²) in [4.78, 5) is 21.6. The quantitative estimate of drug-likeness (QED) is 0.379. The van der Waals surface area contributed by atoms with Crippen LogP contribution in [0.3, 0.4) is 0 Å². The second kappa shape index (κ2) is 6.84. The number of nitro benzene ring substituents is 1. The molecule has 0 aromatic heterocycles. The second-order valence-corrected chi connectivity index (χ2v) is 3.66. The first kappa shape index (κ1) is 15.1. The number of nitrogens with zero attached hydrogens (tertiary/aromatic N) is 3. The minimum atomic E-state index is -0.857. The van der Waals surface area contributed by atoms with Crippen LogP contribution < -0.4 is 5.43 Å². The van der Waals surface area contributed by atoms with E-state index in [2.05, 4.69) is 15.3 Å². The van der Waals surface area contributed by atoms with Gasteiger partial charge in [-0.05, 0) is 19.9 Å². The van der Waals surface area contributed by atoms with Crippen molar-refractivity contribution in [1.29, 1.82) is 5.26 Å². The van der Waals surface area contributed by atoms with Crippen LogP contribution in [0.15, 0.2) is 23.3 Å². The number of nitrogens with one attached hydrogen (secondary N) is 1. The SMILES string of the molecule is CCOC(=O)/C(C#N)=N/Nc1ccc(C)c([N+](=O)[O-])c1. The minimum absolute atomic E-state index is 0.0835. The highest BCUT2D eigenvalue weighted by atomic mass is 16.6. The normalized spacial score (nSPS) is 10.6. The van der Waals surface area contributed by atoms with Crippen molar-refractivity contribution in [3.63, 3.8) is 0 Å². The Labute approximate surface area is 114 Å². The van der Waals surface area contributed by atoms with Crippen molar-refractivity contribution >= 4 is 23.1 Å². The van der Waals surface area contributed by atoms with Crippen LogP contribution in [0.2, 0.25) is 0 Å². The highest BCUT2D eigenvalue weighted by Gasteiger charge is 2.13. The molecule has 0 atom stereocenters. The average Bonchev–Trinajstić information content (AvgIpc) is 2.41. The Bertz CT molecular complexity index is 604. The van der Waals surface area contributed by atoms with Crippen molar-refractivity contribution in [1.82, 2.24) is 0 Å². The smallest absolute Gasteiger partial charge is 0.369 e. The number of carbonyl (C=O) groups is 1. The molecule has 0 bridgehead atoms. The number of ether oxygens (including phenoxy) is 1. The maximum atomic E-state index is 11.3. The molecule has 1 rings (SSSR count). The maximum absolute atomic E-state index is 11.3. The van der Waals surface area contributed by atoms with Crippen LogP contribution in [-0.4, -0.2) is 23.2 Å². The van der Waals surface area contributed by atoms with Gasteiger partial charge >= 0.3 is 5.97 Å². The summed E-state index contributed by atoms with van der Waals surface area (Å²) < 4.78 is 4.62. The highest BCUT2D eigenvalue weighted by Crippen LogP contribution is 2.22. The van der Waals surface area contributed by atoms with E-state index in [1.54, 1.807) is 26.0 Å². The summed E-state index contributed by atoms with van der Waals surface area (Å²) in [6.07, 6.45) is 0. The van der Waals surface area contributed by atoms with Crippen LogP contribution in [0.4, 0.5) is 11.4 Å². The summed E-state index contributed by atoms with van der Waals surface area (Å²) in [5, 5.41) is 23.1. The van der Waals surface area contributed by atoms with Gasteiger partial charge in [-0.15, -0.1) is 0 Å². The zero-order valence-electron chi connectivity index (χ0n) is 10.9. The second-order valence-electron chi connectivity index (χ2n) is 3.66. The average molecular weight is 276 g/mol. The summed E-state index contributed by atoms with van der Waals surface area (Å²) >= 11 is 0. The molecule has 0 saturated carbocycles. The zero-order chi connectivity index (χ0) is 15.1. The number of aryl methyl sites for hydroxylation is 1. The zero-order valence-corrected chi connectivity index (χ0v) is 10.9. The van der Waals surface area contributed by atoms with E-state index >= 15 is 0 Å². The van der Waals surface area contributed by atoms with Crippen molar-refractivity contribution in [3.8, 4) is 6.07 Å². The van der Waals surface area contributed by atoms with Crippen molar-refractivity contribution in [2.75, 3.05) is 12.0 Å². The van der Waals surface area contributed by atoms with Gasteiger partial charge in [0.2, 0.25) is 5.71 Å². The third kappa shape index (κ3) is 3.78. The van der Waals surface area contributed by atoms with E-state index in [0.29, 0.717) is 11.3 Å². The summed E-state index contributed by atoms with van der Waals surface area (Å²) in [6.45, 7) is 3.32. The predicted octanol–water partition coefficient (Wildman–Crippen LogP) is 1.76. The molecule has 0 amide bonds. The fraction of sp³-hybridized carbons (Fsp3) is 0.250. The van der Waals surface area contributed by atoms with Crippen LogP contribution >= 0.6 is 0 Å². The third-order valence-electron chi connectivity index (χ3n) is 2.28. The fourth-order valence-corrected chi connectivity index (χ4v) is 1.31. The van der Waals surface area contributed by atoms with E-state index in [9.17, 15) is 14.9 Å². The molecule has 0 spiro atoms. The molecule has 0 unspecified atom stereocenters. The number of benzene rings is 1. The predicted molar refractivity (Wildman–Crippen MR) is 71.1 cm³/mol. The molecule has 104 valence electrons. The van der Waals surface area contributed by atoms with Gasteiger partial charge in [-0.2, -0.15) is 10.4 Å². The molecule has 1 aromatic carbocycles. The molecule has 1 N–H and O–H groups in total. The largest absolute Gasteiger partial charge is 0.461 e. The first-order valence-electron chi connectivity index (χ1n) is 5.65. The third-order valence-corrected chi connectivity index (χ3v) is 2.28. The molecule has 0 saturated heterocycles. The number of hydrogen-bond acceptors (Lipinski definition) is 7. The first-order valence-corrected chi connectivity index (χ1v) is 5.65. The monoisotopic (exact) mass is 276 g/mol. The van der Waals surface area contributed by atoms with Crippen LogP contribution in [0.1, 0.15) is 12.5 Å². The van der Waals surface area contributed by atoms with Gasteiger partial charge in [-0.3, -0.25) is 15.5 Å². The van der Waals surface area contributed by atoms with Crippen molar-refractivity contribution < 1.29 is 14.5 Å². The number of anilines is 1. The Morgan fingerprint density at radius 1 is 1.60 bits per heavy atom. The van der Waals surface area contributed by atoms with E-state index in [0.717, 1.165) is 0 Å². The lowest BCUT2D eigenvalue weighted by atomic mass is 10.2. The van der Waals surface area contributed by atoms with Gasteiger partial charge < -0.3 is 4.74 Å². The fourth-order valence-electron chi connectivity index (χ4n) is 1.31. The Hall–Kier alpha value is -2.95. The van der Waals surface area contributed by atoms with Crippen LogP contribution in [0.5, 0.6) is 0 Å². The van der Waals surface area contributed by atoms with Crippen LogP contribution in [0, 0.1) is 28.4 Å². The highest BCUT2D eigenvalue weighted by molar-refractivity contribution is 6.43. The van der Waals surface area contributed by atoms with Gasteiger partial charge in [-0.25, -0.2) is 4.79 Å². The number of esters is 1. The molecule has 8 nitrogen and oxygen atoms in total. The number of hydrogen-bond donors (Lipinski definition) is 1. The number of nitro groups is 1. The molecular formula is C12H12N4O4. The molecule has 1 aromatic rings. The van der Waals surface area contributed by atoms with Gasteiger partial charge in [0.15, 0.2) is 0 Å². The maximum Gasteiger partial charge on any atom is 0.369 e. The van der Waals surface area contributed by atoms with Crippen molar-refractivity contribution in [3.05, 3.63) is 33.9 Å². The molecule has 0 heterocycles. The number of nitriles is 1. The molecule has 20 heavy (non-hydrogen) atoms.